The Kier molecular flexibility index (Phi) is 5.30. The summed E-state index contributed by atoms with van der Waals surface area (Å²) < 4.78 is 0. The van der Waals surface area contributed by atoms with Crippen molar-refractivity contribution in [3.63, 3.8) is 0 Å². The largest absolute Gasteiger partial charge is 0.481 e. The van der Waals surface area contributed by atoms with E-state index in [4.69, 9.17) is 5.11 Å². The van der Waals surface area contributed by atoms with Gasteiger partial charge in [-0.15, -0.1) is 0 Å². The molecular weight excluding hydrogens is 200 g/mol. The molecule has 3 atom stereocenters. The van der Waals surface area contributed by atoms with Crippen LogP contribution in [0.15, 0.2) is 0 Å². The monoisotopic (exact) mass is 226 g/mol. The van der Waals surface area contributed by atoms with Crippen molar-refractivity contribution in [1.29, 1.82) is 0 Å². The summed E-state index contributed by atoms with van der Waals surface area (Å²) in [7, 11) is 0. The number of hydrogen-bond donors (Lipinski definition) is 1. The van der Waals surface area contributed by atoms with Crippen LogP contribution in [0.3, 0.4) is 0 Å². The highest BCUT2D eigenvalue weighted by Crippen LogP contribution is 2.38. The Morgan fingerprint density at radius 2 is 2.06 bits per heavy atom. The Labute approximate surface area is 99.4 Å². The molecule has 1 saturated carbocycles. The summed E-state index contributed by atoms with van der Waals surface area (Å²) in [5.74, 6) is 2.41. The van der Waals surface area contributed by atoms with Crippen molar-refractivity contribution in [2.45, 2.75) is 59.3 Å². The first kappa shape index (κ1) is 13.5. The van der Waals surface area contributed by atoms with E-state index < -0.39 is 5.97 Å². The molecule has 94 valence electrons. The lowest BCUT2D eigenvalue weighted by molar-refractivity contribution is -0.137. The molecule has 2 heteroatoms. The van der Waals surface area contributed by atoms with Crippen molar-refractivity contribution in [3.8, 4) is 0 Å². The maximum Gasteiger partial charge on any atom is 0.303 e. The second-order valence-electron chi connectivity index (χ2n) is 5.98. The molecule has 0 aromatic rings. The van der Waals surface area contributed by atoms with Crippen molar-refractivity contribution in [3.05, 3.63) is 0 Å². The summed E-state index contributed by atoms with van der Waals surface area (Å²) in [6, 6.07) is 0. The molecule has 1 rings (SSSR count). The van der Waals surface area contributed by atoms with Crippen LogP contribution in [-0.4, -0.2) is 11.1 Å². The van der Waals surface area contributed by atoms with E-state index in [0.717, 1.165) is 24.2 Å². The summed E-state index contributed by atoms with van der Waals surface area (Å²) in [6.07, 6.45) is 6.44. The maximum atomic E-state index is 10.6. The number of carboxylic acids is 1. The summed E-state index contributed by atoms with van der Waals surface area (Å²) in [5.41, 5.74) is 0. The summed E-state index contributed by atoms with van der Waals surface area (Å²) in [4.78, 5) is 10.6. The van der Waals surface area contributed by atoms with Gasteiger partial charge in [0.2, 0.25) is 0 Å². The third-order valence-corrected chi connectivity index (χ3v) is 3.99. The topological polar surface area (TPSA) is 37.3 Å². The van der Waals surface area contributed by atoms with E-state index >= 15 is 0 Å². The highest BCUT2D eigenvalue weighted by Gasteiger charge is 2.27. The van der Waals surface area contributed by atoms with Gasteiger partial charge >= 0.3 is 5.97 Å². The van der Waals surface area contributed by atoms with E-state index in [1.54, 1.807) is 0 Å². The van der Waals surface area contributed by atoms with Crippen LogP contribution >= 0.6 is 0 Å². The molecule has 0 radical (unpaired) electrons. The molecule has 3 unspecified atom stereocenters. The lowest BCUT2D eigenvalue weighted by Gasteiger charge is -2.34. The number of hydrogen-bond acceptors (Lipinski definition) is 1. The number of carboxylic acid groups (broad SMARTS) is 1. The molecular formula is C14H26O2. The molecule has 1 N–H and O–H groups in total. The predicted octanol–water partition coefficient (Wildman–Crippen LogP) is 3.95. The van der Waals surface area contributed by atoms with E-state index in [-0.39, 0.29) is 0 Å². The molecule has 1 aliphatic carbocycles. The SMILES string of the molecule is CC(C)CC1CCC(CCC(=O)O)C(C)C1. The lowest BCUT2D eigenvalue weighted by atomic mass is 9.71. The number of aliphatic carboxylic acids is 1. The van der Waals surface area contributed by atoms with Crippen LogP contribution in [0, 0.1) is 23.7 Å². The summed E-state index contributed by atoms with van der Waals surface area (Å²) >= 11 is 0. The Morgan fingerprint density at radius 1 is 1.38 bits per heavy atom. The zero-order valence-electron chi connectivity index (χ0n) is 10.9. The van der Waals surface area contributed by atoms with Crippen LogP contribution in [-0.2, 0) is 4.79 Å². The first-order valence-electron chi connectivity index (χ1n) is 6.70. The van der Waals surface area contributed by atoms with Crippen LogP contribution in [0.2, 0.25) is 0 Å². The Bertz CT molecular complexity index is 223. The van der Waals surface area contributed by atoms with Gasteiger partial charge in [0.1, 0.15) is 0 Å². The van der Waals surface area contributed by atoms with Gasteiger partial charge in [-0.3, -0.25) is 4.79 Å². The smallest absolute Gasteiger partial charge is 0.303 e. The minimum atomic E-state index is -0.642. The predicted molar refractivity (Wildman–Crippen MR) is 66.3 cm³/mol. The summed E-state index contributed by atoms with van der Waals surface area (Å²) in [6.45, 7) is 6.89. The molecule has 1 fully saturated rings. The van der Waals surface area contributed by atoms with Crippen LogP contribution in [0.25, 0.3) is 0 Å². The van der Waals surface area contributed by atoms with E-state index in [1.807, 2.05) is 0 Å². The van der Waals surface area contributed by atoms with Crippen LogP contribution in [0.5, 0.6) is 0 Å². The van der Waals surface area contributed by atoms with Gasteiger partial charge in [-0.2, -0.15) is 0 Å². The zero-order chi connectivity index (χ0) is 12.1. The van der Waals surface area contributed by atoms with Crippen molar-refractivity contribution < 1.29 is 9.90 Å². The molecule has 0 aromatic heterocycles. The van der Waals surface area contributed by atoms with Gasteiger partial charge in [0.05, 0.1) is 0 Å². The second kappa shape index (κ2) is 6.27. The highest BCUT2D eigenvalue weighted by molar-refractivity contribution is 5.66. The van der Waals surface area contributed by atoms with Crippen LogP contribution < -0.4 is 0 Å². The van der Waals surface area contributed by atoms with Crippen LogP contribution in [0.1, 0.15) is 59.3 Å². The van der Waals surface area contributed by atoms with Gasteiger partial charge in [0, 0.05) is 6.42 Å². The average molecular weight is 226 g/mol. The normalized spacial score (nSPS) is 30.6. The first-order chi connectivity index (χ1) is 7.49. The van der Waals surface area contributed by atoms with E-state index in [2.05, 4.69) is 20.8 Å². The molecule has 0 aromatic carbocycles. The fraction of sp³-hybridized carbons (Fsp3) is 0.929. The third-order valence-electron chi connectivity index (χ3n) is 3.99. The Hall–Kier alpha value is -0.530. The summed E-state index contributed by atoms with van der Waals surface area (Å²) in [5, 5.41) is 8.70. The van der Waals surface area contributed by atoms with Gasteiger partial charge in [-0.1, -0.05) is 27.2 Å². The van der Waals surface area contributed by atoms with Gasteiger partial charge < -0.3 is 5.11 Å². The average Bonchev–Trinajstić information content (AvgIpc) is 2.15. The van der Waals surface area contributed by atoms with E-state index in [9.17, 15) is 4.79 Å². The molecule has 16 heavy (non-hydrogen) atoms. The van der Waals surface area contributed by atoms with Crippen molar-refractivity contribution in [2.24, 2.45) is 23.7 Å². The van der Waals surface area contributed by atoms with Crippen molar-refractivity contribution in [1.82, 2.24) is 0 Å². The molecule has 2 nitrogen and oxygen atoms in total. The zero-order valence-corrected chi connectivity index (χ0v) is 10.9. The minimum Gasteiger partial charge on any atom is -0.481 e. The van der Waals surface area contributed by atoms with Crippen molar-refractivity contribution >= 4 is 5.97 Å². The van der Waals surface area contributed by atoms with Gasteiger partial charge in [-0.25, -0.2) is 0 Å². The fourth-order valence-corrected chi connectivity index (χ4v) is 3.19. The Morgan fingerprint density at radius 3 is 2.56 bits per heavy atom. The second-order valence-corrected chi connectivity index (χ2v) is 5.98. The maximum absolute atomic E-state index is 10.6. The fourth-order valence-electron chi connectivity index (χ4n) is 3.19. The standard InChI is InChI=1S/C14H26O2/c1-10(2)8-12-4-5-13(11(3)9-12)6-7-14(15)16/h10-13H,4-9H2,1-3H3,(H,15,16). The minimum absolute atomic E-state index is 0.351. The molecule has 0 bridgehead atoms. The van der Waals surface area contributed by atoms with Gasteiger partial charge in [-0.05, 0) is 49.4 Å². The van der Waals surface area contributed by atoms with E-state index in [1.165, 1.54) is 25.7 Å². The molecule has 0 amide bonds. The third kappa shape index (κ3) is 4.54. The van der Waals surface area contributed by atoms with Gasteiger partial charge in [0.25, 0.3) is 0 Å². The van der Waals surface area contributed by atoms with E-state index in [0.29, 0.717) is 12.3 Å². The lowest BCUT2D eigenvalue weighted by Crippen LogP contribution is -2.24. The van der Waals surface area contributed by atoms with Crippen molar-refractivity contribution in [2.75, 3.05) is 0 Å². The molecule has 0 aliphatic heterocycles. The molecule has 0 spiro atoms. The van der Waals surface area contributed by atoms with Gasteiger partial charge in [0.15, 0.2) is 0 Å². The first-order valence-corrected chi connectivity index (χ1v) is 6.70. The number of carbonyl (C=O) groups is 1. The highest BCUT2D eigenvalue weighted by atomic mass is 16.4. The van der Waals surface area contributed by atoms with Crippen LogP contribution in [0.4, 0.5) is 0 Å². The quantitative estimate of drug-likeness (QED) is 0.770. The Balaban J connectivity index is 2.31. The number of rotatable bonds is 5. The molecule has 0 heterocycles. The molecule has 0 saturated heterocycles. The molecule has 1 aliphatic rings.